The number of carbonyl (C=O) groups excluding carboxylic acids is 1. The van der Waals surface area contributed by atoms with Crippen molar-refractivity contribution in [3.05, 3.63) is 0 Å². The molecule has 0 aromatic rings. The Kier molecular flexibility index (Phi) is 3.69. The van der Waals surface area contributed by atoms with Gasteiger partial charge in [-0.05, 0) is 12.8 Å². The lowest BCUT2D eigenvalue weighted by atomic mass is 9.94. The van der Waals surface area contributed by atoms with Gasteiger partial charge in [0.15, 0.2) is 0 Å². The fourth-order valence-electron chi connectivity index (χ4n) is 2.24. The second kappa shape index (κ2) is 4.97. The van der Waals surface area contributed by atoms with Gasteiger partial charge in [-0.25, -0.2) is 9.59 Å². The third-order valence-corrected chi connectivity index (χ3v) is 3.81. The van der Waals surface area contributed by atoms with E-state index < -0.39 is 23.1 Å². The number of rotatable bonds is 4. The zero-order chi connectivity index (χ0) is 14.1. The average Bonchev–Trinajstić information content (AvgIpc) is 3.10. The molecular formula is C12H20N2O5. The van der Waals surface area contributed by atoms with E-state index in [0.717, 1.165) is 0 Å². The Bertz CT molecular complexity index is 374. The molecule has 2 fully saturated rings. The maximum absolute atomic E-state index is 11.9. The van der Waals surface area contributed by atoms with Crippen LogP contribution in [0.1, 0.15) is 25.7 Å². The lowest BCUT2D eigenvalue weighted by Crippen LogP contribution is -2.53. The maximum Gasteiger partial charge on any atom is 0.329 e. The summed E-state index contributed by atoms with van der Waals surface area (Å²) in [5.74, 6) is -1.00. The highest BCUT2D eigenvalue weighted by atomic mass is 16.5. The van der Waals surface area contributed by atoms with Gasteiger partial charge in [-0.2, -0.15) is 0 Å². The highest BCUT2D eigenvalue weighted by Gasteiger charge is 2.52. The minimum absolute atomic E-state index is 0.178. The fraction of sp³-hybridized carbons (Fsp3) is 0.833. The Hall–Kier alpha value is -1.34. The third-order valence-electron chi connectivity index (χ3n) is 3.81. The molecule has 1 aliphatic heterocycles. The number of likely N-dealkylation sites (N-methyl/N-ethyl adjacent to an activating group) is 1. The van der Waals surface area contributed by atoms with Crippen LogP contribution in [0.15, 0.2) is 0 Å². The van der Waals surface area contributed by atoms with Crippen LogP contribution in [0.5, 0.6) is 0 Å². The minimum atomic E-state index is -1.09. The molecule has 1 saturated heterocycles. The average molecular weight is 272 g/mol. The normalized spacial score (nSPS) is 23.5. The summed E-state index contributed by atoms with van der Waals surface area (Å²) in [6.45, 7) is 1.13. The van der Waals surface area contributed by atoms with Gasteiger partial charge in [0.2, 0.25) is 0 Å². The van der Waals surface area contributed by atoms with Crippen molar-refractivity contribution >= 4 is 12.0 Å². The van der Waals surface area contributed by atoms with E-state index >= 15 is 0 Å². The van der Waals surface area contributed by atoms with Crippen molar-refractivity contribution in [3.8, 4) is 0 Å². The number of aliphatic hydroxyl groups is 1. The number of carbonyl (C=O) groups is 2. The summed E-state index contributed by atoms with van der Waals surface area (Å²) in [6, 6.07) is -0.459. The van der Waals surface area contributed by atoms with Gasteiger partial charge in [0, 0.05) is 33.1 Å². The molecule has 0 radical (unpaired) electrons. The fourth-order valence-corrected chi connectivity index (χ4v) is 2.24. The predicted octanol–water partition coefficient (Wildman–Crippen LogP) is -0.213. The summed E-state index contributed by atoms with van der Waals surface area (Å²) in [5, 5.41) is 21.8. The summed E-state index contributed by atoms with van der Waals surface area (Å²) >= 11 is 0. The molecule has 0 aromatic carbocycles. The first-order valence-corrected chi connectivity index (χ1v) is 6.44. The first kappa shape index (κ1) is 14.1. The van der Waals surface area contributed by atoms with Crippen molar-refractivity contribution < 1.29 is 24.5 Å². The van der Waals surface area contributed by atoms with E-state index in [1.807, 2.05) is 0 Å². The molecular weight excluding hydrogens is 252 g/mol. The Morgan fingerprint density at radius 3 is 2.32 bits per heavy atom. The number of carboxylic acid groups (broad SMARTS) is 1. The molecule has 0 spiro atoms. The van der Waals surface area contributed by atoms with Gasteiger partial charge >= 0.3 is 12.0 Å². The Balaban J connectivity index is 1.87. The lowest BCUT2D eigenvalue weighted by molar-refractivity contribution is -0.140. The maximum atomic E-state index is 11.9. The molecule has 2 rings (SSSR count). The second-order valence-corrected chi connectivity index (χ2v) is 5.51. The molecule has 1 saturated carbocycles. The number of aliphatic carboxylic acids is 1. The number of urea groups is 1. The van der Waals surface area contributed by atoms with E-state index in [4.69, 9.17) is 9.84 Å². The summed E-state index contributed by atoms with van der Waals surface area (Å²) in [7, 11) is 1.56. The number of nitrogens with zero attached hydrogens (tertiary/aromatic N) is 1. The van der Waals surface area contributed by atoms with Gasteiger partial charge in [0.05, 0.1) is 12.1 Å². The van der Waals surface area contributed by atoms with Crippen molar-refractivity contribution in [2.24, 2.45) is 0 Å². The van der Waals surface area contributed by atoms with E-state index in [2.05, 4.69) is 5.32 Å². The Morgan fingerprint density at radius 2 is 1.84 bits per heavy atom. The number of amides is 2. The molecule has 7 nitrogen and oxygen atoms in total. The summed E-state index contributed by atoms with van der Waals surface area (Å²) in [4.78, 5) is 24.3. The highest BCUT2D eigenvalue weighted by molar-refractivity contribution is 5.88. The van der Waals surface area contributed by atoms with Crippen LogP contribution < -0.4 is 5.32 Å². The van der Waals surface area contributed by atoms with Crippen LogP contribution >= 0.6 is 0 Å². The van der Waals surface area contributed by atoms with Crippen LogP contribution in [0.4, 0.5) is 4.79 Å². The Morgan fingerprint density at radius 1 is 1.26 bits per heavy atom. The van der Waals surface area contributed by atoms with Crippen LogP contribution in [0.3, 0.4) is 0 Å². The molecule has 19 heavy (non-hydrogen) atoms. The van der Waals surface area contributed by atoms with Crippen LogP contribution in [0.25, 0.3) is 0 Å². The van der Waals surface area contributed by atoms with Gasteiger partial charge in [-0.1, -0.05) is 0 Å². The van der Waals surface area contributed by atoms with E-state index in [1.165, 1.54) is 4.90 Å². The van der Waals surface area contributed by atoms with Gasteiger partial charge in [0.25, 0.3) is 0 Å². The van der Waals surface area contributed by atoms with Crippen LogP contribution in [-0.4, -0.2) is 65.1 Å². The first-order valence-electron chi connectivity index (χ1n) is 6.44. The van der Waals surface area contributed by atoms with Gasteiger partial charge in [-0.15, -0.1) is 0 Å². The van der Waals surface area contributed by atoms with Crippen molar-refractivity contribution in [1.82, 2.24) is 10.2 Å². The van der Waals surface area contributed by atoms with E-state index in [-0.39, 0.29) is 6.54 Å². The highest BCUT2D eigenvalue weighted by Crippen LogP contribution is 2.35. The molecule has 0 bridgehead atoms. The molecule has 0 unspecified atom stereocenters. The van der Waals surface area contributed by atoms with Crippen LogP contribution in [-0.2, 0) is 9.53 Å². The van der Waals surface area contributed by atoms with Gasteiger partial charge < -0.3 is 25.2 Å². The van der Waals surface area contributed by atoms with Crippen LogP contribution in [0.2, 0.25) is 0 Å². The Labute approximate surface area is 111 Å². The molecule has 0 atom stereocenters. The standard InChI is InChI=1S/C12H20N2O5/c1-14(8-11(18)4-6-19-7-5-11)10(17)13-12(2-3-12)9(15)16/h18H,2-8H2,1H3,(H,13,17)(H,15,16). The van der Waals surface area contributed by atoms with Crippen molar-refractivity contribution in [3.63, 3.8) is 0 Å². The number of nitrogens with one attached hydrogen (secondary N) is 1. The molecule has 1 heterocycles. The SMILES string of the molecule is CN(CC1(O)CCOCC1)C(=O)NC1(C(=O)O)CC1. The minimum Gasteiger partial charge on any atom is -0.480 e. The zero-order valence-electron chi connectivity index (χ0n) is 11.0. The molecule has 0 aromatic heterocycles. The first-order chi connectivity index (χ1) is 8.87. The smallest absolute Gasteiger partial charge is 0.329 e. The zero-order valence-corrected chi connectivity index (χ0v) is 11.0. The largest absolute Gasteiger partial charge is 0.480 e. The lowest BCUT2D eigenvalue weighted by Gasteiger charge is -2.35. The predicted molar refractivity (Wildman–Crippen MR) is 65.8 cm³/mol. The van der Waals surface area contributed by atoms with Crippen molar-refractivity contribution in [1.29, 1.82) is 0 Å². The molecule has 1 aliphatic carbocycles. The summed E-state index contributed by atoms with van der Waals surface area (Å²) < 4.78 is 5.17. The van der Waals surface area contributed by atoms with Crippen molar-refractivity contribution in [2.75, 3.05) is 26.8 Å². The van der Waals surface area contributed by atoms with Gasteiger partial charge in [0.1, 0.15) is 5.54 Å². The van der Waals surface area contributed by atoms with E-state index in [0.29, 0.717) is 38.9 Å². The van der Waals surface area contributed by atoms with Crippen LogP contribution in [0, 0.1) is 0 Å². The molecule has 7 heteroatoms. The van der Waals surface area contributed by atoms with Gasteiger partial charge in [-0.3, -0.25) is 0 Å². The number of carboxylic acids is 1. The topological polar surface area (TPSA) is 99.1 Å². The van der Waals surface area contributed by atoms with E-state index in [1.54, 1.807) is 7.05 Å². The number of hydrogen-bond acceptors (Lipinski definition) is 4. The second-order valence-electron chi connectivity index (χ2n) is 5.51. The number of hydrogen-bond donors (Lipinski definition) is 3. The molecule has 108 valence electrons. The van der Waals surface area contributed by atoms with Crippen molar-refractivity contribution in [2.45, 2.75) is 36.8 Å². The molecule has 3 N–H and O–H groups in total. The number of ether oxygens (including phenoxy) is 1. The quantitative estimate of drug-likeness (QED) is 0.657. The third kappa shape index (κ3) is 3.16. The molecule has 2 aliphatic rings. The summed E-state index contributed by atoms with van der Waals surface area (Å²) in [5.41, 5.74) is -2.03. The monoisotopic (exact) mass is 272 g/mol. The molecule has 2 amide bonds. The summed E-state index contributed by atoms with van der Waals surface area (Å²) in [6.07, 6.45) is 1.88. The van der Waals surface area contributed by atoms with E-state index in [9.17, 15) is 14.7 Å².